The Morgan fingerprint density at radius 3 is 2.64 bits per heavy atom. The molecule has 0 aliphatic heterocycles. The molecule has 3 rings (SSSR count). The van der Waals surface area contributed by atoms with Crippen molar-refractivity contribution in [3.8, 4) is 5.75 Å². The number of fused-ring (bicyclic) bond motifs is 1. The Labute approximate surface area is 149 Å². The lowest BCUT2D eigenvalue weighted by Gasteiger charge is -2.13. The number of aryl methyl sites for hydroxylation is 3. The minimum absolute atomic E-state index is 0.158. The maximum Gasteiger partial charge on any atom is 0.279 e. The highest BCUT2D eigenvalue weighted by atomic mass is 32.2. The van der Waals surface area contributed by atoms with E-state index >= 15 is 0 Å². The predicted octanol–water partition coefficient (Wildman–Crippen LogP) is 2.49. The molecule has 25 heavy (non-hydrogen) atoms. The Hall–Kier alpha value is -2.39. The molecule has 0 unspecified atom stereocenters. The molecule has 132 valence electrons. The van der Waals surface area contributed by atoms with Crippen LogP contribution in [0.3, 0.4) is 0 Å². The lowest BCUT2D eigenvalue weighted by atomic mass is 10.2. The van der Waals surface area contributed by atoms with Crippen molar-refractivity contribution in [3.63, 3.8) is 0 Å². The summed E-state index contributed by atoms with van der Waals surface area (Å²) in [4.78, 5) is 17.1. The first-order valence-corrected chi connectivity index (χ1v) is 9.76. The summed E-state index contributed by atoms with van der Waals surface area (Å²) in [7, 11) is -2.68. The normalized spacial score (nSPS) is 11.7. The van der Waals surface area contributed by atoms with E-state index in [0.717, 1.165) is 5.56 Å². The van der Waals surface area contributed by atoms with Gasteiger partial charge < -0.3 is 4.74 Å². The molecule has 0 amide bonds. The van der Waals surface area contributed by atoms with E-state index in [-0.39, 0.29) is 16.3 Å². The van der Waals surface area contributed by atoms with E-state index in [1.165, 1.54) is 29.8 Å². The summed E-state index contributed by atoms with van der Waals surface area (Å²) in [6.45, 7) is 5.08. The topological polar surface area (TPSA) is 89.8 Å². The van der Waals surface area contributed by atoms with Gasteiger partial charge in [0.25, 0.3) is 15.6 Å². The zero-order chi connectivity index (χ0) is 18.4. The summed E-state index contributed by atoms with van der Waals surface area (Å²) < 4.78 is 34.7. The third-order valence-corrected chi connectivity index (χ3v) is 6.18. The molecule has 2 heterocycles. The van der Waals surface area contributed by atoms with Gasteiger partial charge >= 0.3 is 0 Å². The van der Waals surface area contributed by atoms with Crippen molar-refractivity contribution in [3.05, 3.63) is 50.9 Å². The summed E-state index contributed by atoms with van der Waals surface area (Å²) in [6.07, 6.45) is 0. The van der Waals surface area contributed by atoms with Crippen LogP contribution in [-0.4, -0.2) is 24.9 Å². The molecule has 3 aromatic rings. The van der Waals surface area contributed by atoms with Gasteiger partial charge in [-0.2, -0.15) is 0 Å². The van der Waals surface area contributed by atoms with Gasteiger partial charge in [-0.05, 0) is 38.5 Å². The van der Waals surface area contributed by atoms with Crippen LogP contribution in [0.5, 0.6) is 5.75 Å². The summed E-state index contributed by atoms with van der Waals surface area (Å²) in [5.74, 6) is 0.368. The molecule has 9 heteroatoms. The molecular weight excluding hydrogens is 362 g/mol. The molecule has 0 bridgehead atoms. The van der Waals surface area contributed by atoms with Crippen molar-refractivity contribution in [1.82, 2.24) is 9.38 Å². The Bertz CT molecular complexity index is 1130. The van der Waals surface area contributed by atoms with E-state index in [9.17, 15) is 13.2 Å². The molecule has 0 saturated carbocycles. The second-order valence-electron chi connectivity index (χ2n) is 5.64. The highest BCUT2D eigenvalue weighted by Crippen LogP contribution is 2.28. The molecule has 0 aliphatic rings. The van der Waals surface area contributed by atoms with Crippen molar-refractivity contribution >= 4 is 32.0 Å². The largest absolute Gasteiger partial charge is 0.495 e. The molecule has 0 spiro atoms. The van der Waals surface area contributed by atoms with Crippen LogP contribution >= 0.6 is 11.3 Å². The lowest BCUT2D eigenvalue weighted by molar-refractivity contribution is 0.417. The van der Waals surface area contributed by atoms with Crippen molar-refractivity contribution in [2.45, 2.75) is 25.7 Å². The van der Waals surface area contributed by atoms with Crippen molar-refractivity contribution in [2.24, 2.45) is 0 Å². The third-order valence-electron chi connectivity index (χ3n) is 3.74. The van der Waals surface area contributed by atoms with Gasteiger partial charge in [-0.25, -0.2) is 13.4 Å². The summed E-state index contributed by atoms with van der Waals surface area (Å²) in [5.41, 5.74) is 1.32. The van der Waals surface area contributed by atoms with E-state index < -0.39 is 15.6 Å². The van der Waals surface area contributed by atoms with Gasteiger partial charge in [0.05, 0.1) is 18.5 Å². The zero-order valence-electron chi connectivity index (χ0n) is 14.2. The molecule has 0 aliphatic carbocycles. The minimum atomic E-state index is -4.13. The number of nitrogens with one attached hydrogen (secondary N) is 1. The Morgan fingerprint density at radius 2 is 1.96 bits per heavy atom. The van der Waals surface area contributed by atoms with E-state index in [1.54, 1.807) is 30.5 Å². The van der Waals surface area contributed by atoms with Gasteiger partial charge in [-0.1, -0.05) is 6.07 Å². The standard InChI is InChI=1S/C16H17N3O4S2/c1-9-5-6-13(23-4)12(7-9)18-25(21,22)14-11(3)17-16-19(15(14)20)10(2)8-24-16/h5-8,18H,1-4H3. The van der Waals surface area contributed by atoms with Gasteiger partial charge in [0.2, 0.25) is 0 Å². The van der Waals surface area contributed by atoms with Crippen LogP contribution in [0.15, 0.2) is 33.3 Å². The van der Waals surface area contributed by atoms with E-state index in [0.29, 0.717) is 16.4 Å². The molecule has 0 radical (unpaired) electrons. The average molecular weight is 379 g/mol. The Balaban J connectivity index is 2.19. The fourth-order valence-electron chi connectivity index (χ4n) is 2.57. The van der Waals surface area contributed by atoms with Gasteiger partial charge in [0.15, 0.2) is 9.86 Å². The maximum absolute atomic E-state index is 12.9. The number of benzene rings is 1. The number of ether oxygens (including phenoxy) is 1. The number of hydrogen-bond donors (Lipinski definition) is 1. The van der Waals surface area contributed by atoms with Gasteiger partial charge in [-0.3, -0.25) is 13.9 Å². The van der Waals surface area contributed by atoms with Crippen molar-refractivity contribution in [1.29, 1.82) is 0 Å². The predicted molar refractivity (Wildman–Crippen MR) is 97.4 cm³/mol. The molecule has 0 atom stereocenters. The number of nitrogens with zero attached hydrogens (tertiary/aromatic N) is 2. The molecule has 1 N–H and O–H groups in total. The molecule has 0 saturated heterocycles. The smallest absolute Gasteiger partial charge is 0.279 e. The first-order chi connectivity index (χ1) is 11.7. The maximum atomic E-state index is 12.9. The van der Waals surface area contributed by atoms with Crippen LogP contribution in [0.2, 0.25) is 0 Å². The van der Waals surface area contributed by atoms with Crippen molar-refractivity contribution < 1.29 is 13.2 Å². The van der Waals surface area contributed by atoms with Crippen molar-refractivity contribution in [2.75, 3.05) is 11.8 Å². The first-order valence-electron chi connectivity index (χ1n) is 7.39. The molecule has 2 aromatic heterocycles. The fourth-order valence-corrected chi connectivity index (χ4v) is 4.79. The number of hydrogen-bond acceptors (Lipinski definition) is 6. The highest BCUT2D eigenvalue weighted by Gasteiger charge is 2.26. The fraction of sp³-hybridized carbons (Fsp3) is 0.250. The van der Waals surface area contributed by atoms with Gasteiger partial charge in [0, 0.05) is 11.1 Å². The highest BCUT2D eigenvalue weighted by molar-refractivity contribution is 7.92. The monoisotopic (exact) mass is 379 g/mol. The summed E-state index contributed by atoms with van der Waals surface area (Å²) >= 11 is 1.29. The minimum Gasteiger partial charge on any atom is -0.495 e. The van der Waals surface area contributed by atoms with Crippen LogP contribution in [0, 0.1) is 20.8 Å². The number of thiazole rings is 1. The first kappa shape index (κ1) is 17.4. The Morgan fingerprint density at radius 1 is 1.24 bits per heavy atom. The molecular formula is C16H17N3O4S2. The Kier molecular flexibility index (Phi) is 4.29. The summed E-state index contributed by atoms with van der Waals surface area (Å²) in [6, 6.07) is 5.11. The van der Waals surface area contributed by atoms with E-state index in [2.05, 4.69) is 9.71 Å². The summed E-state index contributed by atoms with van der Waals surface area (Å²) in [5, 5.41) is 1.76. The second kappa shape index (κ2) is 6.16. The second-order valence-corrected chi connectivity index (χ2v) is 8.09. The number of rotatable bonds is 4. The lowest BCUT2D eigenvalue weighted by Crippen LogP contribution is -2.28. The molecule has 0 fully saturated rings. The molecule has 1 aromatic carbocycles. The van der Waals surface area contributed by atoms with E-state index in [1.807, 2.05) is 6.92 Å². The van der Waals surface area contributed by atoms with Crippen LogP contribution in [0.25, 0.3) is 4.96 Å². The van der Waals surface area contributed by atoms with Crippen LogP contribution in [-0.2, 0) is 10.0 Å². The molecule has 7 nitrogen and oxygen atoms in total. The number of aromatic nitrogens is 2. The van der Waals surface area contributed by atoms with Gasteiger partial charge in [0.1, 0.15) is 5.75 Å². The SMILES string of the molecule is COc1ccc(C)cc1NS(=O)(=O)c1c(C)nc2scc(C)n2c1=O. The van der Waals surface area contributed by atoms with Crippen LogP contribution < -0.4 is 15.0 Å². The van der Waals surface area contributed by atoms with E-state index in [4.69, 9.17) is 4.74 Å². The quantitative estimate of drug-likeness (QED) is 0.752. The number of sulfonamides is 1. The van der Waals surface area contributed by atoms with Crippen LogP contribution in [0.1, 0.15) is 17.0 Å². The van der Waals surface area contributed by atoms with Gasteiger partial charge in [-0.15, -0.1) is 11.3 Å². The number of methoxy groups -OCH3 is 1. The average Bonchev–Trinajstić information content (AvgIpc) is 2.88. The number of anilines is 1. The third kappa shape index (κ3) is 3.00. The van der Waals surface area contributed by atoms with Crippen LogP contribution in [0.4, 0.5) is 5.69 Å². The zero-order valence-corrected chi connectivity index (χ0v) is 15.8.